The number of amides is 2. The summed E-state index contributed by atoms with van der Waals surface area (Å²) in [5.74, 6) is -2.01. The second-order valence-corrected chi connectivity index (χ2v) is 7.72. The van der Waals surface area contributed by atoms with E-state index < -0.39 is 17.5 Å². The summed E-state index contributed by atoms with van der Waals surface area (Å²) in [7, 11) is 0. The summed E-state index contributed by atoms with van der Waals surface area (Å²) in [5.41, 5.74) is 5.66. The molecule has 0 saturated carbocycles. The molecule has 1 aromatic rings. The Morgan fingerprint density at radius 1 is 1.19 bits per heavy atom. The van der Waals surface area contributed by atoms with Crippen LogP contribution < -0.4 is 5.73 Å². The van der Waals surface area contributed by atoms with Crippen molar-refractivity contribution < 1.29 is 18.4 Å². The molecule has 0 spiro atoms. The molecule has 2 N–H and O–H groups in total. The molecule has 2 aliphatic rings. The largest absolute Gasteiger partial charge is 0.342 e. The van der Waals surface area contributed by atoms with Gasteiger partial charge in [0.15, 0.2) is 0 Å². The fourth-order valence-corrected chi connectivity index (χ4v) is 3.80. The van der Waals surface area contributed by atoms with Crippen LogP contribution in [-0.2, 0) is 4.79 Å². The molecule has 3 rings (SSSR count). The van der Waals surface area contributed by atoms with Crippen molar-refractivity contribution in [3.8, 4) is 0 Å². The second-order valence-electron chi connectivity index (χ2n) is 7.72. The molecule has 0 bridgehead atoms. The van der Waals surface area contributed by atoms with Gasteiger partial charge in [0.05, 0.1) is 5.56 Å². The molecule has 1 aromatic carbocycles. The van der Waals surface area contributed by atoms with Gasteiger partial charge in [-0.15, -0.1) is 12.4 Å². The average molecular weight is 402 g/mol. The summed E-state index contributed by atoms with van der Waals surface area (Å²) in [6.45, 7) is 4.86. The number of carbonyl (C=O) groups excluding carboxylic acids is 2. The molecule has 2 fully saturated rings. The molecule has 1 unspecified atom stereocenters. The van der Waals surface area contributed by atoms with E-state index in [-0.39, 0.29) is 35.2 Å². The lowest BCUT2D eigenvalue weighted by atomic mass is 9.90. The van der Waals surface area contributed by atoms with Gasteiger partial charge < -0.3 is 15.5 Å². The fraction of sp³-hybridized carbons (Fsp3) is 0.579. The number of halogens is 3. The number of hydrogen-bond donors (Lipinski definition) is 1. The minimum absolute atomic E-state index is 0. The van der Waals surface area contributed by atoms with Gasteiger partial charge in [0, 0.05) is 38.2 Å². The Labute approximate surface area is 164 Å². The van der Waals surface area contributed by atoms with Crippen LogP contribution in [0.25, 0.3) is 0 Å². The van der Waals surface area contributed by atoms with E-state index in [0.29, 0.717) is 45.1 Å². The Balaban J connectivity index is 0.00000261. The molecular formula is C19H26ClF2N3O2. The molecule has 0 aromatic heterocycles. The van der Waals surface area contributed by atoms with Crippen molar-refractivity contribution in [3.63, 3.8) is 0 Å². The predicted molar refractivity (Wildman–Crippen MR) is 101 cm³/mol. The summed E-state index contributed by atoms with van der Waals surface area (Å²) in [5, 5.41) is 0. The molecule has 1 atom stereocenters. The first-order valence-electron chi connectivity index (χ1n) is 9.06. The van der Waals surface area contributed by atoms with Crippen molar-refractivity contribution in [3.05, 3.63) is 35.4 Å². The summed E-state index contributed by atoms with van der Waals surface area (Å²) in [4.78, 5) is 28.6. The Kier molecular flexibility index (Phi) is 6.81. The lowest BCUT2D eigenvalue weighted by molar-refractivity contribution is -0.136. The maximum atomic E-state index is 13.8. The van der Waals surface area contributed by atoms with Crippen molar-refractivity contribution in [1.29, 1.82) is 0 Å². The van der Waals surface area contributed by atoms with E-state index in [1.165, 1.54) is 11.0 Å². The van der Waals surface area contributed by atoms with Crippen LogP contribution in [0.3, 0.4) is 0 Å². The van der Waals surface area contributed by atoms with Gasteiger partial charge in [0.25, 0.3) is 5.91 Å². The van der Waals surface area contributed by atoms with Crippen LogP contribution in [0, 0.1) is 23.0 Å². The van der Waals surface area contributed by atoms with Crippen molar-refractivity contribution in [2.75, 3.05) is 32.7 Å². The number of piperidine rings is 1. The predicted octanol–water partition coefficient (Wildman–Crippen LogP) is 2.44. The molecule has 2 aliphatic heterocycles. The van der Waals surface area contributed by atoms with E-state index >= 15 is 0 Å². The smallest absolute Gasteiger partial charge is 0.256 e. The zero-order valence-corrected chi connectivity index (χ0v) is 16.2. The Morgan fingerprint density at radius 2 is 1.85 bits per heavy atom. The van der Waals surface area contributed by atoms with E-state index in [2.05, 4.69) is 6.92 Å². The molecule has 2 amide bonds. The number of benzene rings is 1. The van der Waals surface area contributed by atoms with E-state index in [4.69, 9.17) is 5.73 Å². The molecule has 2 saturated heterocycles. The van der Waals surface area contributed by atoms with E-state index in [0.717, 1.165) is 19.0 Å². The first-order valence-corrected chi connectivity index (χ1v) is 9.06. The molecular weight excluding hydrogens is 376 g/mol. The van der Waals surface area contributed by atoms with Crippen molar-refractivity contribution in [2.24, 2.45) is 17.1 Å². The lowest BCUT2D eigenvalue weighted by Crippen LogP contribution is -2.44. The Hall–Kier alpha value is -1.73. The van der Waals surface area contributed by atoms with Gasteiger partial charge in [0.1, 0.15) is 11.6 Å². The van der Waals surface area contributed by atoms with Crippen molar-refractivity contribution in [1.82, 2.24) is 9.80 Å². The fourth-order valence-electron chi connectivity index (χ4n) is 3.80. The average Bonchev–Trinajstić information content (AvgIpc) is 3.04. The van der Waals surface area contributed by atoms with Crippen molar-refractivity contribution in [2.45, 2.75) is 26.2 Å². The SMILES string of the molecule is CC1(CN)CCN(C(=O)C2CCN(C(=O)c3ccc(F)cc3F)CC2)C1.Cl. The number of hydrogen-bond acceptors (Lipinski definition) is 3. The van der Waals surface area contributed by atoms with E-state index in [1.807, 2.05) is 4.90 Å². The number of likely N-dealkylation sites (tertiary alicyclic amines) is 2. The molecule has 150 valence electrons. The zero-order valence-electron chi connectivity index (χ0n) is 15.4. The summed E-state index contributed by atoms with van der Waals surface area (Å²) in [6.07, 6.45) is 2.03. The zero-order chi connectivity index (χ0) is 18.9. The van der Waals surface area contributed by atoms with Crippen LogP contribution in [0.15, 0.2) is 18.2 Å². The maximum absolute atomic E-state index is 13.8. The first-order chi connectivity index (χ1) is 12.3. The topological polar surface area (TPSA) is 66.6 Å². The van der Waals surface area contributed by atoms with Gasteiger partial charge in [-0.25, -0.2) is 8.78 Å². The number of carbonyl (C=O) groups is 2. The van der Waals surface area contributed by atoms with Gasteiger partial charge in [-0.1, -0.05) is 6.92 Å². The van der Waals surface area contributed by atoms with Crippen LogP contribution in [0.2, 0.25) is 0 Å². The standard InChI is InChI=1S/C19H25F2N3O2.ClH/c1-19(11-22)6-9-24(12-19)17(25)13-4-7-23(8-5-13)18(26)15-3-2-14(20)10-16(15)21;/h2-3,10,13H,4-9,11-12,22H2,1H3;1H. The highest BCUT2D eigenvalue weighted by Crippen LogP contribution is 2.31. The molecule has 2 heterocycles. The summed E-state index contributed by atoms with van der Waals surface area (Å²) < 4.78 is 26.8. The van der Waals surface area contributed by atoms with Gasteiger partial charge in [-0.05, 0) is 43.4 Å². The van der Waals surface area contributed by atoms with Crippen LogP contribution in [0.4, 0.5) is 8.78 Å². The third kappa shape index (κ3) is 4.58. The molecule has 27 heavy (non-hydrogen) atoms. The highest BCUT2D eigenvalue weighted by Gasteiger charge is 2.38. The van der Waals surface area contributed by atoms with Crippen LogP contribution in [-0.4, -0.2) is 54.3 Å². The van der Waals surface area contributed by atoms with Gasteiger partial charge in [-0.3, -0.25) is 9.59 Å². The quantitative estimate of drug-likeness (QED) is 0.845. The monoisotopic (exact) mass is 401 g/mol. The Bertz CT molecular complexity index is 710. The second kappa shape index (κ2) is 8.52. The highest BCUT2D eigenvalue weighted by atomic mass is 35.5. The molecule has 0 aliphatic carbocycles. The maximum Gasteiger partial charge on any atom is 0.256 e. The molecule has 0 radical (unpaired) electrons. The third-order valence-corrected chi connectivity index (χ3v) is 5.66. The number of nitrogens with zero attached hydrogens (tertiary/aromatic N) is 2. The first kappa shape index (κ1) is 21.6. The summed E-state index contributed by atoms with van der Waals surface area (Å²) in [6, 6.07) is 2.96. The number of nitrogens with two attached hydrogens (primary N) is 1. The Morgan fingerprint density at radius 3 is 2.41 bits per heavy atom. The third-order valence-electron chi connectivity index (χ3n) is 5.66. The van der Waals surface area contributed by atoms with Gasteiger partial charge in [-0.2, -0.15) is 0 Å². The van der Waals surface area contributed by atoms with E-state index in [1.54, 1.807) is 0 Å². The summed E-state index contributed by atoms with van der Waals surface area (Å²) >= 11 is 0. The minimum Gasteiger partial charge on any atom is -0.342 e. The van der Waals surface area contributed by atoms with Crippen LogP contribution in [0.1, 0.15) is 36.5 Å². The van der Waals surface area contributed by atoms with Gasteiger partial charge in [0.2, 0.25) is 5.91 Å². The lowest BCUT2D eigenvalue weighted by Gasteiger charge is -2.33. The van der Waals surface area contributed by atoms with Crippen molar-refractivity contribution >= 4 is 24.2 Å². The highest BCUT2D eigenvalue weighted by molar-refractivity contribution is 5.94. The van der Waals surface area contributed by atoms with Crippen LogP contribution >= 0.6 is 12.4 Å². The van der Waals surface area contributed by atoms with Crippen LogP contribution in [0.5, 0.6) is 0 Å². The van der Waals surface area contributed by atoms with E-state index in [9.17, 15) is 18.4 Å². The van der Waals surface area contributed by atoms with Gasteiger partial charge >= 0.3 is 0 Å². The minimum atomic E-state index is -0.855. The molecule has 8 heteroatoms. The molecule has 5 nitrogen and oxygen atoms in total. The number of rotatable bonds is 3. The normalized spacial score (nSPS) is 23.3.